The van der Waals surface area contributed by atoms with Crippen molar-refractivity contribution in [3.63, 3.8) is 0 Å². The summed E-state index contributed by atoms with van der Waals surface area (Å²) in [7, 11) is 0. The molecule has 0 amide bonds. The van der Waals surface area contributed by atoms with Crippen molar-refractivity contribution in [1.82, 2.24) is 0 Å². The van der Waals surface area contributed by atoms with Crippen LogP contribution >= 0.6 is 0 Å². The van der Waals surface area contributed by atoms with Gasteiger partial charge in [-0.3, -0.25) is 0 Å². The van der Waals surface area contributed by atoms with Crippen LogP contribution in [-0.4, -0.2) is 5.11 Å². The second-order valence-electron chi connectivity index (χ2n) is 5.43. The highest BCUT2D eigenvalue weighted by molar-refractivity contribution is 5.77. The topological polar surface area (TPSA) is 50.4 Å². The molecule has 1 unspecified atom stereocenters. The van der Waals surface area contributed by atoms with E-state index in [0.717, 1.165) is 10.9 Å². The third-order valence-corrected chi connectivity index (χ3v) is 3.75. The predicted molar refractivity (Wildman–Crippen MR) is 82.3 cm³/mol. The largest absolute Gasteiger partial charge is 0.422 e. The maximum absolute atomic E-state index is 12.2. The Morgan fingerprint density at radius 1 is 1.05 bits per heavy atom. The number of aliphatic hydroxyl groups is 1. The van der Waals surface area contributed by atoms with E-state index in [1.165, 1.54) is 0 Å². The Kier molecular flexibility index (Phi) is 3.15. The van der Waals surface area contributed by atoms with Crippen molar-refractivity contribution >= 4 is 11.0 Å². The Balaban J connectivity index is 2.23. The van der Waals surface area contributed by atoms with Crippen LogP contribution in [0, 0.1) is 6.92 Å². The van der Waals surface area contributed by atoms with Crippen LogP contribution < -0.4 is 5.63 Å². The van der Waals surface area contributed by atoms with Crippen LogP contribution in [-0.2, 0) is 5.60 Å². The molecular weight excluding hydrogens is 264 g/mol. The van der Waals surface area contributed by atoms with Gasteiger partial charge in [0.05, 0.1) is 5.56 Å². The van der Waals surface area contributed by atoms with Crippen LogP contribution in [0.4, 0.5) is 0 Å². The Bertz CT molecular complexity index is 859. The second-order valence-corrected chi connectivity index (χ2v) is 5.43. The van der Waals surface area contributed by atoms with Gasteiger partial charge >= 0.3 is 5.63 Å². The summed E-state index contributed by atoms with van der Waals surface area (Å²) < 4.78 is 5.32. The summed E-state index contributed by atoms with van der Waals surface area (Å²) in [6.07, 6.45) is 0. The summed E-state index contributed by atoms with van der Waals surface area (Å²) in [6.45, 7) is 3.56. The molecule has 0 fully saturated rings. The second kappa shape index (κ2) is 4.86. The van der Waals surface area contributed by atoms with Gasteiger partial charge in [-0.2, -0.15) is 0 Å². The van der Waals surface area contributed by atoms with Crippen LogP contribution in [0.5, 0.6) is 0 Å². The van der Waals surface area contributed by atoms with Crippen LogP contribution in [0.3, 0.4) is 0 Å². The first kappa shape index (κ1) is 13.6. The van der Waals surface area contributed by atoms with Gasteiger partial charge in [-0.25, -0.2) is 4.79 Å². The number of rotatable bonds is 2. The molecule has 0 aliphatic carbocycles. The van der Waals surface area contributed by atoms with E-state index < -0.39 is 11.2 Å². The number of hydrogen-bond acceptors (Lipinski definition) is 3. The van der Waals surface area contributed by atoms with Gasteiger partial charge in [0.2, 0.25) is 0 Å². The molecule has 1 heterocycles. The fraction of sp³-hybridized carbons (Fsp3) is 0.167. The molecule has 3 aromatic rings. The lowest BCUT2D eigenvalue weighted by Crippen LogP contribution is -2.29. The predicted octanol–water partition coefficient (Wildman–Crippen LogP) is 3.36. The first-order valence-electron chi connectivity index (χ1n) is 6.81. The van der Waals surface area contributed by atoms with Crippen molar-refractivity contribution in [2.24, 2.45) is 0 Å². The summed E-state index contributed by atoms with van der Waals surface area (Å²) in [5, 5.41) is 11.7. The summed E-state index contributed by atoms with van der Waals surface area (Å²) in [5.74, 6) is 0. The smallest absolute Gasteiger partial charge is 0.342 e. The van der Waals surface area contributed by atoms with E-state index in [2.05, 4.69) is 0 Å². The number of benzene rings is 2. The molecule has 3 rings (SSSR count). The first-order valence-corrected chi connectivity index (χ1v) is 6.81. The lowest BCUT2D eigenvalue weighted by molar-refractivity contribution is 0.0984. The van der Waals surface area contributed by atoms with Gasteiger partial charge in [0.25, 0.3) is 0 Å². The third-order valence-electron chi connectivity index (χ3n) is 3.75. The molecule has 2 aromatic carbocycles. The standard InChI is InChI=1S/C18H16O3/c1-12-6-5-8-14(10-12)18(2,20)15-11-13-7-3-4-9-16(13)21-17(15)19/h3-11,20H,1-2H3. The number of aryl methyl sites for hydroxylation is 1. The monoisotopic (exact) mass is 280 g/mol. The fourth-order valence-electron chi connectivity index (χ4n) is 2.50. The van der Waals surface area contributed by atoms with Crippen molar-refractivity contribution in [2.45, 2.75) is 19.4 Å². The van der Waals surface area contributed by atoms with E-state index in [1.807, 2.05) is 49.4 Å². The number of fused-ring (bicyclic) bond motifs is 1. The normalized spacial score (nSPS) is 14.0. The minimum absolute atomic E-state index is 0.242. The lowest BCUT2D eigenvalue weighted by Gasteiger charge is -2.23. The molecule has 1 N–H and O–H groups in total. The Morgan fingerprint density at radius 2 is 1.81 bits per heavy atom. The van der Waals surface area contributed by atoms with Crippen molar-refractivity contribution < 1.29 is 9.52 Å². The van der Waals surface area contributed by atoms with Crippen molar-refractivity contribution in [2.75, 3.05) is 0 Å². The molecule has 106 valence electrons. The van der Waals surface area contributed by atoms with Crippen molar-refractivity contribution in [1.29, 1.82) is 0 Å². The molecule has 0 spiro atoms. The molecule has 0 saturated heterocycles. The number of para-hydroxylation sites is 1. The van der Waals surface area contributed by atoms with Gasteiger partial charge < -0.3 is 9.52 Å². The van der Waals surface area contributed by atoms with Gasteiger partial charge in [0.1, 0.15) is 11.2 Å². The van der Waals surface area contributed by atoms with E-state index in [-0.39, 0.29) is 5.56 Å². The van der Waals surface area contributed by atoms with Crippen molar-refractivity contribution in [3.8, 4) is 0 Å². The van der Waals surface area contributed by atoms with Gasteiger partial charge in [-0.1, -0.05) is 48.0 Å². The van der Waals surface area contributed by atoms with Gasteiger partial charge in [-0.15, -0.1) is 0 Å². The lowest BCUT2D eigenvalue weighted by atomic mass is 9.88. The van der Waals surface area contributed by atoms with E-state index in [9.17, 15) is 9.90 Å². The van der Waals surface area contributed by atoms with Gasteiger partial charge in [-0.05, 0) is 31.5 Å². The molecule has 3 heteroatoms. The van der Waals surface area contributed by atoms with Crippen LogP contribution in [0.25, 0.3) is 11.0 Å². The van der Waals surface area contributed by atoms with Gasteiger partial charge in [0, 0.05) is 5.39 Å². The molecule has 3 nitrogen and oxygen atoms in total. The van der Waals surface area contributed by atoms with Crippen LogP contribution in [0.15, 0.2) is 63.8 Å². The zero-order valence-electron chi connectivity index (χ0n) is 12.0. The minimum Gasteiger partial charge on any atom is -0.422 e. The Morgan fingerprint density at radius 3 is 2.57 bits per heavy atom. The highest BCUT2D eigenvalue weighted by Gasteiger charge is 2.30. The van der Waals surface area contributed by atoms with E-state index in [4.69, 9.17) is 4.42 Å². The Hall–Kier alpha value is -2.39. The van der Waals surface area contributed by atoms with E-state index >= 15 is 0 Å². The fourth-order valence-corrected chi connectivity index (χ4v) is 2.50. The maximum Gasteiger partial charge on any atom is 0.342 e. The molecular formula is C18H16O3. The first-order chi connectivity index (χ1) is 9.98. The summed E-state index contributed by atoms with van der Waals surface area (Å²) >= 11 is 0. The maximum atomic E-state index is 12.2. The van der Waals surface area contributed by atoms with Crippen LogP contribution in [0.2, 0.25) is 0 Å². The molecule has 0 aliphatic heterocycles. The zero-order chi connectivity index (χ0) is 15.0. The summed E-state index contributed by atoms with van der Waals surface area (Å²) in [5.41, 5.74) is 0.553. The highest BCUT2D eigenvalue weighted by atomic mass is 16.4. The zero-order valence-corrected chi connectivity index (χ0v) is 12.0. The summed E-state index contributed by atoms with van der Waals surface area (Å²) in [4.78, 5) is 12.2. The molecule has 0 bridgehead atoms. The number of hydrogen-bond donors (Lipinski definition) is 1. The summed E-state index contributed by atoms with van der Waals surface area (Å²) in [6, 6.07) is 16.5. The van der Waals surface area contributed by atoms with Gasteiger partial charge in [0.15, 0.2) is 0 Å². The highest BCUT2D eigenvalue weighted by Crippen LogP contribution is 2.29. The molecule has 0 aliphatic rings. The van der Waals surface area contributed by atoms with Crippen LogP contribution in [0.1, 0.15) is 23.6 Å². The molecule has 0 saturated carbocycles. The molecule has 0 radical (unpaired) electrons. The molecule has 21 heavy (non-hydrogen) atoms. The quantitative estimate of drug-likeness (QED) is 0.732. The van der Waals surface area contributed by atoms with E-state index in [1.54, 1.807) is 19.1 Å². The van der Waals surface area contributed by atoms with Crippen molar-refractivity contribution in [3.05, 3.63) is 81.7 Å². The van der Waals surface area contributed by atoms with E-state index in [0.29, 0.717) is 11.1 Å². The average Bonchev–Trinajstić information content (AvgIpc) is 2.46. The average molecular weight is 280 g/mol. The SMILES string of the molecule is Cc1cccc(C(C)(O)c2cc3ccccc3oc2=O)c1. The minimum atomic E-state index is -1.39. The molecule has 1 atom stereocenters. The molecule has 1 aromatic heterocycles. The third kappa shape index (κ3) is 2.36. The Labute approximate surface area is 122 Å².